The van der Waals surface area contributed by atoms with Gasteiger partial charge in [0.2, 0.25) is 5.91 Å². The molecule has 8 saturated carbocycles. The largest absolute Gasteiger partial charge is 0.459 e. The first kappa shape index (κ1) is 53.9. The van der Waals surface area contributed by atoms with Crippen molar-refractivity contribution in [2.75, 3.05) is 12.3 Å². The number of hydrogen-bond acceptors (Lipinski definition) is 10. The minimum absolute atomic E-state index is 0.0359. The van der Waals surface area contributed by atoms with Gasteiger partial charge in [-0.1, -0.05) is 41.5 Å². The number of fused-ring (bicyclic) bond motifs is 10. The fraction of sp³-hybridized carbons (Fsp3) is 0.964. The van der Waals surface area contributed by atoms with E-state index in [0.717, 1.165) is 109 Å². The van der Waals surface area contributed by atoms with E-state index >= 15 is 0 Å². The number of ether oxygens (including phenoxy) is 2. The van der Waals surface area contributed by atoms with Gasteiger partial charge in [-0.3, -0.25) is 14.1 Å². The highest BCUT2D eigenvalue weighted by atomic mass is 32.2. The molecule has 396 valence electrons. The van der Waals surface area contributed by atoms with Gasteiger partial charge in [-0.2, -0.15) is 8.42 Å². The molecule has 0 aliphatic heterocycles. The van der Waals surface area contributed by atoms with Crippen molar-refractivity contribution in [1.29, 1.82) is 0 Å². The average molecular weight is 989 g/mol. The summed E-state index contributed by atoms with van der Waals surface area (Å²) in [5, 5.41) is 36.9. The van der Waals surface area contributed by atoms with Crippen molar-refractivity contribution in [3.8, 4) is 0 Å². The summed E-state index contributed by atoms with van der Waals surface area (Å²) in [5.41, 5.74) is 5.75. The molecule has 8 aliphatic carbocycles. The Morgan fingerprint density at radius 2 is 1.16 bits per heavy atom. The lowest BCUT2D eigenvalue weighted by Gasteiger charge is -2.62. The first-order chi connectivity index (χ1) is 32.1. The number of hydrogen-bond donors (Lipinski definition) is 6. The van der Waals surface area contributed by atoms with E-state index in [1.165, 1.54) is 6.42 Å². The van der Waals surface area contributed by atoms with Gasteiger partial charge in [-0.15, -0.1) is 0 Å². The van der Waals surface area contributed by atoms with E-state index in [-0.39, 0.29) is 70.4 Å². The maximum atomic E-state index is 13.6. The molecule has 0 aromatic heterocycles. The Labute approximate surface area is 416 Å². The van der Waals surface area contributed by atoms with Crippen molar-refractivity contribution in [3.63, 3.8) is 0 Å². The fourth-order valence-corrected chi connectivity index (χ4v) is 20.0. The van der Waals surface area contributed by atoms with Crippen molar-refractivity contribution in [2.24, 2.45) is 98.4 Å². The topological polar surface area (TPSA) is 206 Å². The van der Waals surface area contributed by atoms with Gasteiger partial charge in [0.05, 0.1) is 30.2 Å². The average Bonchev–Trinajstić information content (AvgIpc) is 3.78. The molecule has 8 fully saturated rings. The molecule has 0 aromatic carbocycles. The smallest absolute Gasteiger partial charge is 0.306 e. The van der Waals surface area contributed by atoms with Crippen LogP contribution in [0, 0.1) is 92.7 Å². The Bertz CT molecular complexity index is 1960. The van der Waals surface area contributed by atoms with Crippen LogP contribution in [0.1, 0.15) is 197 Å². The predicted octanol–water partition coefficient (Wildman–Crippen LogP) is 9.22. The third-order valence-corrected chi connectivity index (χ3v) is 23.4. The molecular weight excluding hydrogens is 893 g/mol. The second-order valence-electron chi connectivity index (χ2n) is 27.4. The summed E-state index contributed by atoms with van der Waals surface area (Å²) in [6.45, 7) is 20.2. The van der Waals surface area contributed by atoms with E-state index in [9.17, 15) is 33.3 Å². The van der Waals surface area contributed by atoms with Crippen LogP contribution in [0.2, 0.25) is 0 Å². The summed E-state index contributed by atoms with van der Waals surface area (Å²) in [6, 6.07) is 0. The molecule has 13 heteroatoms. The molecule has 21 atom stereocenters. The Hall–Kier alpha value is -1.35. The first-order valence-corrected chi connectivity index (χ1v) is 29.6. The van der Waals surface area contributed by atoms with E-state index in [1.54, 1.807) is 0 Å². The second-order valence-corrected chi connectivity index (χ2v) is 29.0. The van der Waals surface area contributed by atoms with Crippen molar-refractivity contribution in [2.45, 2.75) is 233 Å². The van der Waals surface area contributed by atoms with E-state index in [0.29, 0.717) is 84.4 Å². The number of aliphatic hydroxyl groups excluding tert-OH is 3. The zero-order valence-corrected chi connectivity index (χ0v) is 45.0. The molecule has 12 nitrogen and oxygen atoms in total. The number of nitrogens with one attached hydrogen (secondary N) is 1. The normalized spacial score (nSPS) is 45.8. The summed E-state index contributed by atoms with van der Waals surface area (Å²) >= 11 is 0. The Kier molecular flexibility index (Phi) is 15.4. The van der Waals surface area contributed by atoms with E-state index < -0.39 is 27.2 Å². The molecule has 7 N–H and O–H groups in total. The van der Waals surface area contributed by atoms with E-state index in [1.807, 2.05) is 20.8 Å². The highest BCUT2D eigenvalue weighted by molar-refractivity contribution is 7.85. The number of carbonyl (C=O) groups is 2. The highest BCUT2D eigenvalue weighted by Crippen LogP contribution is 2.70. The number of rotatable bonds is 16. The maximum absolute atomic E-state index is 13.6. The van der Waals surface area contributed by atoms with Crippen molar-refractivity contribution >= 4 is 22.0 Å². The van der Waals surface area contributed by atoms with E-state index in [2.05, 4.69) is 46.9 Å². The van der Waals surface area contributed by atoms with Crippen LogP contribution in [0.15, 0.2) is 0 Å². The first-order valence-electron chi connectivity index (χ1n) is 28.0. The van der Waals surface area contributed by atoms with E-state index in [4.69, 9.17) is 19.8 Å². The Balaban J connectivity index is 0.797. The Morgan fingerprint density at radius 3 is 1.70 bits per heavy atom. The van der Waals surface area contributed by atoms with Gasteiger partial charge >= 0.3 is 5.97 Å². The summed E-state index contributed by atoms with van der Waals surface area (Å²) in [7, 11) is -4.11. The minimum Gasteiger partial charge on any atom is -0.459 e. The summed E-state index contributed by atoms with van der Waals surface area (Å²) in [5.74, 6) is 4.09. The minimum atomic E-state index is -4.11. The number of nitrogens with two attached hydrogens (primary N) is 1. The quantitative estimate of drug-likeness (QED) is 0.0489. The van der Waals surface area contributed by atoms with Crippen LogP contribution in [0.5, 0.6) is 0 Å². The maximum Gasteiger partial charge on any atom is 0.306 e. The fourth-order valence-electron chi connectivity index (χ4n) is 19.6. The third kappa shape index (κ3) is 10.7. The van der Waals surface area contributed by atoms with Crippen molar-refractivity contribution in [3.05, 3.63) is 0 Å². The van der Waals surface area contributed by atoms with Crippen LogP contribution in [0.3, 0.4) is 0 Å². The number of aliphatic hydroxyl groups is 3. The van der Waals surface area contributed by atoms with Gasteiger partial charge in [-0.05, 0) is 229 Å². The zero-order chi connectivity index (χ0) is 50.3. The lowest BCUT2D eigenvalue weighted by atomic mass is 9.43. The predicted molar refractivity (Wildman–Crippen MR) is 268 cm³/mol. The van der Waals surface area contributed by atoms with Crippen molar-refractivity contribution < 1.29 is 47.4 Å². The van der Waals surface area contributed by atoms with Gasteiger partial charge in [0, 0.05) is 25.8 Å². The van der Waals surface area contributed by atoms with Crippen LogP contribution in [0.25, 0.3) is 0 Å². The zero-order valence-electron chi connectivity index (χ0n) is 44.2. The summed E-state index contributed by atoms with van der Waals surface area (Å²) in [6.07, 6.45) is 17.9. The number of carbonyl (C=O) groups excluding carboxylic acids is 2. The van der Waals surface area contributed by atoms with Crippen LogP contribution >= 0.6 is 0 Å². The van der Waals surface area contributed by atoms with Crippen molar-refractivity contribution in [1.82, 2.24) is 5.32 Å². The molecule has 0 saturated heterocycles. The summed E-state index contributed by atoms with van der Waals surface area (Å²) in [4.78, 5) is 26.1. The molecule has 0 heterocycles. The monoisotopic (exact) mass is 989 g/mol. The molecule has 0 spiro atoms. The number of amides is 1. The highest BCUT2D eigenvalue weighted by Gasteiger charge is 2.65. The molecule has 8 aliphatic rings. The summed E-state index contributed by atoms with van der Waals surface area (Å²) < 4.78 is 44.2. The van der Waals surface area contributed by atoms with Gasteiger partial charge in [0.15, 0.2) is 0 Å². The van der Waals surface area contributed by atoms with Gasteiger partial charge in [0.25, 0.3) is 10.1 Å². The molecule has 0 aromatic rings. The van der Waals surface area contributed by atoms with Crippen LogP contribution in [0.4, 0.5) is 0 Å². The van der Waals surface area contributed by atoms with Crippen LogP contribution in [-0.4, -0.2) is 88.2 Å². The second kappa shape index (κ2) is 19.7. The molecule has 0 radical (unpaired) electrons. The lowest BCUT2D eigenvalue weighted by molar-refractivity contribution is -0.198. The van der Waals surface area contributed by atoms with Gasteiger partial charge in [-0.25, -0.2) is 0 Å². The number of esters is 1. The molecular formula is C56H96N2O10S. The Morgan fingerprint density at radius 1 is 0.681 bits per heavy atom. The molecule has 8 rings (SSSR count). The third-order valence-electron chi connectivity index (χ3n) is 22.7. The molecule has 0 bridgehead atoms. The molecule has 69 heavy (non-hydrogen) atoms. The molecule has 1 amide bonds. The van der Waals surface area contributed by atoms with Gasteiger partial charge < -0.3 is 35.8 Å². The van der Waals surface area contributed by atoms with Crippen LogP contribution < -0.4 is 11.1 Å². The lowest BCUT2D eigenvalue weighted by Crippen LogP contribution is -2.59. The standard InChI is InChI=1S/C56H96N2O10S/c1-33(10-16-47(62)58-26-27-69(64,65)66)39-12-14-42-50-44(21-25-54(39,42)7)53(6)23-19-38(29-36(53)31-46(50)61)67-56(9,57)32-51(3,4)68-48(63)17-11-34(2)40-13-15-41-49-43(20-24-55(40,41)8)52(5)22-18-37(59)28-35(52)30-45(49)60/h33-46,49-50,59-61H,10-32,57H2,1-9H3,(H,58,62)(H,64,65,66)/t33-,34+,35?,36?,37+,38-,39-,40+,41?,42?,43-,44+,45-,46+,49-,50+,52-,53+,54-,55+,56?/m0/s1. The van der Waals surface area contributed by atoms with Crippen LogP contribution in [-0.2, 0) is 29.2 Å². The molecule has 5 unspecified atom stereocenters. The SMILES string of the molecule is C[C@H](CCC(=O)OC(C)(C)CC(C)(N)O[C@H]1CC[C@]2(C)C(C1)C[C@@H](O)[C@@H]1C3CC[C@@H]([C@@H](C)CCC(=O)NCCS(=O)(=O)O)[C@]3(C)CC[C@H]12)[C@H]1CCC2[C@@H]3[C@@H](O)CC4C[C@H](O)CC[C@]4(C)[C@H]3CC[C@@]21C. The van der Waals surface area contributed by atoms with Gasteiger partial charge in [0.1, 0.15) is 11.3 Å².